The standard InChI is InChI=1S/C15H28N2O2/c1-17(11-13-5-4-10-19-12-13)15(18)8-7-14-6-2-3-9-16-14/h13-14,16H,2-12H2,1H3. The number of hydrogen-bond acceptors (Lipinski definition) is 3. The molecule has 1 N–H and O–H groups in total. The van der Waals surface area contributed by atoms with E-state index in [1.807, 2.05) is 11.9 Å². The van der Waals surface area contributed by atoms with E-state index in [-0.39, 0.29) is 5.91 Å². The van der Waals surface area contributed by atoms with Crippen molar-refractivity contribution < 1.29 is 9.53 Å². The first-order valence-electron chi connectivity index (χ1n) is 7.81. The molecule has 19 heavy (non-hydrogen) atoms. The number of carbonyl (C=O) groups excluding carboxylic acids is 1. The van der Waals surface area contributed by atoms with E-state index in [1.54, 1.807) is 0 Å². The summed E-state index contributed by atoms with van der Waals surface area (Å²) in [6.45, 7) is 3.69. The van der Waals surface area contributed by atoms with Gasteiger partial charge < -0.3 is 15.0 Å². The van der Waals surface area contributed by atoms with E-state index in [2.05, 4.69) is 5.32 Å². The molecule has 0 spiro atoms. The number of piperidine rings is 1. The molecule has 2 aliphatic heterocycles. The summed E-state index contributed by atoms with van der Waals surface area (Å²) in [7, 11) is 1.94. The largest absolute Gasteiger partial charge is 0.381 e. The van der Waals surface area contributed by atoms with Crippen LogP contribution in [0.15, 0.2) is 0 Å². The predicted molar refractivity (Wildman–Crippen MR) is 76.1 cm³/mol. The minimum atomic E-state index is 0.290. The number of carbonyl (C=O) groups is 1. The van der Waals surface area contributed by atoms with Gasteiger partial charge in [0.25, 0.3) is 0 Å². The van der Waals surface area contributed by atoms with E-state index in [9.17, 15) is 4.79 Å². The number of rotatable bonds is 5. The molecule has 110 valence electrons. The molecule has 0 aromatic rings. The Kier molecular flexibility index (Phi) is 6.11. The molecule has 0 saturated carbocycles. The Hall–Kier alpha value is -0.610. The van der Waals surface area contributed by atoms with Gasteiger partial charge >= 0.3 is 0 Å². The molecule has 2 heterocycles. The van der Waals surface area contributed by atoms with Crippen LogP contribution in [-0.4, -0.2) is 50.2 Å². The lowest BCUT2D eigenvalue weighted by molar-refractivity contribution is -0.131. The summed E-state index contributed by atoms with van der Waals surface area (Å²) in [5.74, 6) is 0.827. The highest BCUT2D eigenvalue weighted by atomic mass is 16.5. The third-order valence-corrected chi connectivity index (χ3v) is 4.33. The van der Waals surface area contributed by atoms with Crippen LogP contribution >= 0.6 is 0 Å². The van der Waals surface area contributed by atoms with E-state index in [0.717, 1.165) is 39.1 Å². The predicted octanol–water partition coefficient (Wildman–Crippen LogP) is 1.79. The van der Waals surface area contributed by atoms with Crippen LogP contribution in [0.5, 0.6) is 0 Å². The molecule has 2 atom stereocenters. The average Bonchev–Trinajstić information content (AvgIpc) is 2.47. The Bertz CT molecular complexity index is 271. The number of nitrogens with one attached hydrogen (secondary N) is 1. The summed E-state index contributed by atoms with van der Waals surface area (Å²) in [4.78, 5) is 14.0. The minimum Gasteiger partial charge on any atom is -0.381 e. The van der Waals surface area contributed by atoms with Crippen molar-refractivity contribution in [1.29, 1.82) is 0 Å². The van der Waals surface area contributed by atoms with Gasteiger partial charge in [0.15, 0.2) is 0 Å². The number of nitrogens with zero attached hydrogens (tertiary/aromatic N) is 1. The lowest BCUT2D eigenvalue weighted by Gasteiger charge is -2.28. The third kappa shape index (κ3) is 5.11. The molecule has 0 aliphatic carbocycles. The highest BCUT2D eigenvalue weighted by Gasteiger charge is 2.20. The van der Waals surface area contributed by atoms with E-state index in [0.29, 0.717) is 18.4 Å². The summed E-state index contributed by atoms with van der Waals surface area (Å²) < 4.78 is 5.47. The van der Waals surface area contributed by atoms with Crippen LogP contribution in [0.25, 0.3) is 0 Å². The van der Waals surface area contributed by atoms with Crippen molar-refractivity contribution in [1.82, 2.24) is 10.2 Å². The second-order valence-corrected chi connectivity index (χ2v) is 6.04. The quantitative estimate of drug-likeness (QED) is 0.826. The maximum absolute atomic E-state index is 12.1. The maximum Gasteiger partial charge on any atom is 0.222 e. The first-order chi connectivity index (χ1) is 9.25. The molecule has 2 unspecified atom stereocenters. The van der Waals surface area contributed by atoms with Crippen molar-refractivity contribution in [3.05, 3.63) is 0 Å². The monoisotopic (exact) mass is 268 g/mol. The van der Waals surface area contributed by atoms with Crippen LogP contribution < -0.4 is 5.32 Å². The summed E-state index contributed by atoms with van der Waals surface area (Å²) >= 11 is 0. The molecule has 0 radical (unpaired) electrons. The number of hydrogen-bond donors (Lipinski definition) is 1. The highest BCUT2D eigenvalue weighted by molar-refractivity contribution is 5.75. The molecule has 1 amide bonds. The second-order valence-electron chi connectivity index (χ2n) is 6.04. The first kappa shape index (κ1) is 14.8. The zero-order valence-electron chi connectivity index (χ0n) is 12.2. The van der Waals surface area contributed by atoms with Gasteiger partial charge in [-0.1, -0.05) is 6.42 Å². The molecule has 4 nitrogen and oxygen atoms in total. The van der Waals surface area contributed by atoms with Crippen molar-refractivity contribution >= 4 is 5.91 Å². The summed E-state index contributed by atoms with van der Waals surface area (Å²) in [6, 6.07) is 0.559. The van der Waals surface area contributed by atoms with Gasteiger partial charge in [-0.15, -0.1) is 0 Å². The van der Waals surface area contributed by atoms with Gasteiger partial charge in [0.05, 0.1) is 6.61 Å². The van der Waals surface area contributed by atoms with Crippen LogP contribution in [0.2, 0.25) is 0 Å². The average molecular weight is 268 g/mol. The Morgan fingerprint density at radius 1 is 1.32 bits per heavy atom. The van der Waals surface area contributed by atoms with Crippen LogP contribution in [-0.2, 0) is 9.53 Å². The fourth-order valence-electron chi connectivity index (χ4n) is 3.10. The van der Waals surface area contributed by atoms with E-state index < -0.39 is 0 Å². The molecule has 0 aromatic heterocycles. The SMILES string of the molecule is CN(CC1CCCOC1)C(=O)CCC1CCCCN1. The van der Waals surface area contributed by atoms with Crippen molar-refractivity contribution in [2.75, 3.05) is 33.4 Å². The molecular weight excluding hydrogens is 240 g/mol. The van der Waals surface area contributed by atoms with Crippen LogP contribution in [0.4, 0.5) is 0 Å². The molecule has 2 fully saturated rings. The van der Waals surface area contributed by atoms with Crippen molar-refractivity contribution in [2.45, 2.75) is 51.0 Å². The fourth-order valence-corrected chi connectivity index (χ4v) is 3.10. The zero-order chi connectivity index (χ0) is 13.5. The van der Waals surface area contributed by atoms with E-state index in [1.165, 1.54) is 25.7 Å². The Morgan fingerprint density at radius 2 is 2.21 bits per heavy atom. The summed E-state index contributed by atoms with van der Waals surface area (Å²) in [6.07, 6.45) is 7.83. The lowest BCUT2D eigenvalue weighted by Crippen LogP contribution is -2.37. The topological polar surface area (TPSA) is 41.6 Å². The summed E-state index contributed by atoms with van der Waals surface area (Å²) in [5.41, 5.74) is 0. The smallest absolute Gasteiger partial charge is 0.222 e. The molecule has 2 saturated heterocycles. The van der Waals surface area contributed by atoms with Crippen molar-refractivity contribution in [3.8, 4) is 0 Å². The second kappa shape index (κ2) is 7.85. The summed E-state index contributed by atoms with van der Waals surface area (Å²) in [5, 5.41) is 3.50. The fraction of sp³-hybridized carbons (Fsp3) is 0.933. The number of amides is 1. The highest BCUT2D eigenvalue weighted by Crippen LogP contribution is 2.16. The van der Waals surface area contributed by atoms with Gasteiger partial charge in [-0.25, -0.2) is 0 Å². The van der Waals surface area contributed by atoms with E-state index in [4.69, 9.17) is 4.74 Å². The van der Waals surface area contributed by atoms with Gasteiger partial charge in [0.1, 0.15) is 0 Å². The lowest BCUT2D eigenvalue weighted by atomic mass is 9.99. The van der Waals surface area contributed by atoms with Crippen molar-refractivity contribution in [2.24, 2.45) is 5.92 Å². The zero-order valence-corrected chi connectivity index (χ0v) is 12.2. The molecule has 4 heteroatoms. The third-order valence-electron chi connectivity index (χ3n) is 4.33. The van der Waals surface area contributed by atoms with Gasteiger partial charge in [-0.3, -0.25) is 4.79 Å². The van der Waals surface area contributed by atoms with Gasteiger partial charge in [0, 0.05) is 32.7 Å². The maximum atomic E-state index is 12.1. The van der Waals surface area contributed by atoms with Gasteiger partial charge in [-0.05, 0) is 44.6 Å². The molecular formula is C15H28N2O2. The number of ether oxygens (including phenoxy) is 1. The Labute approximate surface area is 116 Å². The first-order valence-corrected chi connectivity index (χ1v) is 7.81. The Morgan fingerprint density at radius 3 is 2.89 bits per heavy atom. The Balaban J connectivity index is 1.63. The molecule has 0 aromatic carbocycles. The van der Waals surface area contributed by atoms with Gasteiger partial charge in [0.2, 0.25) is 5.91 Å². The van der Waals surface area contributed by atoms with Crippen LogP contribution in [0.1, 0.15) is 44.9 Å². The van der Waals surface area contributed by atoms with E-state index >= 15 is 0 Å². The molecule has 2 rings (SSSR count). The molecule has 0 bridgehead atoms. The van der Waals surface area contributed by atoms with Gasteiger partial charge in [-0.2, -0.15) is 0 Å². The van der Waals surface area contributed by atoms with Crippen LogP contribution in [0, 0.1) is 5.92 Å². The normalized spacial score (nSPS) is 28.1. The van der Waals surface area contributed by atoms with Crippen LogP contribution in [0.3, 0.4) is 0 Å². The van der Waals surface area contributed by atoms with Crippen molar-refractivity contribution in [3.63, 3.8) is 0 Å². The minimum absolute atomic E-state index is 0.290. The molecule has 2 aliphatic rings.